The van der Waals surface area contributed by atoms with E-state index >= 15 is 0 Å². The summed E-state index contributed by atoms with van der Waals surface area (Å²) < 4.78 is 11.7. The molecule has 3 rings (SSSR count). The van der Waals surface area contributed by atoms with E-state index in [0.29, 0.717) is 33.5 Å². The molecule has 1 aromatic heterocycles. The Morgan fingerprint density at radius 3 is 2.64 bits per heavy atom. The number of hydrogen-bond donors (Lipinski definition) is 1. The summed E-state index contributed by atoms with van der Waals surface area (Å²) in [6.07, 6.45) is 0. The van der Waals surface area contributed by atoms with Crippen molar-refractivity contribution >= 4 is 23.2 Å². The Morgan fingerprint density at radius 1 is 1.11 bits per heavy atom. The van der Waals surface area contributed by atoms with Gasteiger partial charge in [0.05, 0.1) is 19.9 Å². The molecule has 28 heavy (non-hydrogen) atoms. The highest BCUT2D eigenvalue weighted by atomic mass is 35.5. The van der Waals surface area contributed by atoms with Gasteiger partial charge >= 0.3 is 0 Å². The van der Waals surface area contributed by atoms with Crippen molar-refractivity contribution < 1.29 is 14.3 Å². The molecule has 0 aliphatic heterocycles. The van der Waals surface area contributed by atoms with Gasteiger partial charge in [0.25, 0.3) is 5.56 Å². The first-order valence-electron chi connectivity index (χ1n) is 8.36. The molecule has 0 atom stereocenters. The van der Waals surface area contributed by atoms with Crippen LogP contribution < -0.4 is 20.3 Å². The summed E-state index contributed by atoms with van der Waals surface area (Å²) in [4.78, 5) is 24.5. The minimum atomic E-state index is -0.397. The molecule has 8 heteroatoms. The van der Waals surface area contributed by atoms with Crippen molar-refractivity contribution in [2.45, 2.75) is 6.54 Å². The van der Waals surface area contributed by atoms with Gasteiger partial charge in [0, 0.05) is 22.3 Å². The Morgan fingerprint density at radius 2 is 1.93 bits per heavy atom. The first-order valence-corrected chi connectivity index (χ1v) is 8.74. The van der Waals surface area contributed by atoms with Gasteiger partial charge in [0.15, 0.2) is 0 Å². The number of benzene rings is 2. The molecule has 0 radical (unpaired) electrons. The Balaban J connectivity index is 1.88. The molecule has 1 heterocycles. The molecule has 0 bridgehead atoms. The van der Waals surface area contributed by atoms with Crippen molar-refractivity contribution in [3.8, 4) is 22.8 Å². The van der Waals surface area contributed by atoms with Crippen LogP contribution in [0.4, 0.5) is 5.69 Å². The van der Waals surface area contributed by atoms with E-state index in [0.717, 1.165) is 4.68 Å². The number of carbonyl (C=O) groups excluding carboxylic acids is 1. The van der Waals surface area contributed by atoms with Crippen LogP contribution in [0.3, 0.4) is 0 Å². The number of ether oxygens (including phenoxy) is 2. The third-order valence-electron chi connectivity index (χ3n) is 3.95. The van der Waals surface area contributed by atoms with E-state index < -0.39 is 11.5 Å². The summed E-state index contributed by atoms with van der Waals surface area (Å²) in [5.74, 6) is 0.794. The van der Waals surface area contributed by atoms with Crippen molar-refractivity contribution in [2.24, 2.45) is 0 Å². The fraction of sp³-hybridized carbons (Fsp3) is 0.150. The highest BCUT2D eigenvalue weighted by Crippen LogP contribution is 2.31. The van der Waals surface area contributed by atoms with E-state index in [-0.39, 0.29) is 6.54 Å². The average molecular weight is 400 g/mol. The molecule has 0 fully saturated rings. The zero-order valence-electron chi connectivity index (χ0n) is 15.3. The van der Waals surface area contributed by atoms with Crippen molar-refractivity contribution in [3.63, 3.8) is 0 Å². The zero-order valence-corrected chi connectivity index (χ0v) is 16.1. The molecule has 0 spiro atoms. The van der Waals surface area contributed by atoms with Gasteiger partial charge in [-0.25, -0.2) is 4.68 Å². The first-order chi connectivity index (χ1) is 13.5. The second-order valence-corrected chi connectivity index (χ2v) is 6.28. The molecule has 1 N–H and O–H groups in total. The Kier molecular flexibility index (Phi) is 5.96. The molecular weight excluding hydrogens is 382 g/mol. The predicted octanol–water partition coefficient (Wildman–Crippen LogP) is 3.22. The fourth-order valence-electron chi connectivity index (χ4n) is 2.62. The van der Waals surface area contributed by atoms with E-state index in [1.54, 1.807) is 62.8 Å². The monoisotopic (exact) mass is 399 g/mol. The fourth-order valence-corrected chi connectivity index (χ4v) is 2.81. The van der Waals surface area contributed by atoms with Crippen molar-refractivity contribution in [1.82, 2.24) is 9.78 Å². The number of hydrogen-bond acceptors (Lipinski definition) is 5. The number of nitrogens with one attached hydrogen (secondary N) is 1. The molecule has 3 aromatic rings. The van der Waals surface area contributed by atoms with Gasteiger partial charge in [-0.2, -0.15) is 5.10 Å². The second-order valence-electron chi connectivity index (χ2n) is 5.84. The standard InChI is InChI=1S/C20H18ClN3O4/c1-27-15-6-8-18(28-2)16(11-15)17-7-9-20(26)24(23-17)12-19(25)22-14-5-3-4-13(21)10-14/h3-11H,12H2,1-2H3,(H,22,25). The normalized spacial score (nSPS) is 10.4. The molecule has 2 aromatic carbocycles. The predicted molar refractivity (Wildman–Crippen MR) is 107 cm³/mol. The average Bonchev–Trinajstić information content (AvgIpc) is 2.69. The maximum Gasteiger partial charge on any atom is 0.267 e. The topological polar surface area (TPSA) is 82.5 Å². The van der Waals surface area contributed by atoms with Crippen molar-refractivity contribution in [2.75, 3.05) is 19.5 Å². The van der Waals surface area contributed by atoms with Gasteiger partial charge in [0.1, 0.15) is 18.0 Å². The van der Waals surface area contributed by atoms with Crippen LogP contribution in [0.5, 0.6) is 11.5 Å². The smallest absolute Gasteiger partial charge is 0.267 e. The van der Waals surface area contributed by atoms with Crippen LogP contribution in [0.1, 0.15) is 0 Å². The summed E-state index contributed by atoms with van der Waals surface area (Å²) >= 11 is 5.91. The van der Waals surface area contributed by atoms with Gasteiger partial charge in [-0.05, 0) is 42.5 Å². The van der Waals surface area contributed by atoms with Crippen LogP contribution in [0.2, 0.25) is 5.02 Å². The highest BCUT2D eigenvalue weighted by Gasteiger charge is 2.13. The Bertz CT molecular complexity index is 1070. The van der Waals surface area contributed by atoms with Crippen LogP contribution in [-0.4, -0.2) is 29.9 Å². The maximum atomic E-state index is 12.3. The molecular formula is C20H18ClN3O4. The summed E-state index contributed by atoms with van der Waals surface area (Å²) in [5, 5.41) is 7.50. The summed E-state index contributed by atoms with van der Waals surface area (Å²) in [5.41, 5.74) is 1.26. The maximum absolute atomic E-state index is 12.3. The van der Waals surface area contributed by atoms with E-state index in [4.69, 9.17) is 21.1 Å². The third-order valence-corrected chi connectivity index (χ3v) is 4.19. The molecule has 7 nitrogen and oxygen atoms in total. The molecule has 0 saturated heterocycles. The molecule has 0 aliphatic rings. The van der Waals surface area contributed by atoms with Crippen LogP contribution >= 0.6 is 11.6 Å². The first kappa shape index (κ1) is 19.4. The van der Waals surface area contributed by atoms with Gasteiger partial charge in [-0.1, -0.05) is 17.7 Å². The number of methoxy groups -OCH3 is 2. The number of amides is 1. The zero-order chi connectivity index (χ0) is 20.1. The van der Waals surface area contributed by atoms with Gasteiger partial charge < -0.3 is 14.8 Å². The largest absolute Gasteiger partial charge is 0.497 e. The van der Waals surface area contributed by atoms with Gasteiger partial charge in [0.2, 0.25) is 5.91 Å². The molecule has 0 saturated carbocycles. The van der Waals surface area contributed by atoms with E-state index in [1.165, 1.54) is 6.07 Å². The lowest BCUT2D eigenvalue weighted by Crippen LogP contribution is -2.29. The number of carbonyl (C=O) groups is 1. The summed E-state index contributed by atoms with van der Waals surface area (Å²) in [6.45, 7) is -0.245. The highest BCUT2D eigenvalue weighted by molar-refractivity contribution is 6.30. The van der Waals surface area contributed by atoms with E-state index in [2.05, 4.69) is 10.4 Å². The quantitative estimate of drug-likeness (QED) is 0.688. The second kappa shape index (κ2) is 8.58. The lowest BCUT2D eigenvalue weighted by molar-refractivity contribution is -0.117. The molecule has 0 unspecified atom stereocenters. The lowest BCUT2D eigenvalue weighted by atomic mass is 10.1. The number of aromatic nitrogens is 2. The Hall–Kier alpha value is -3.32. The SMILES string of the molecule is COc1ccc(OC)c(-c2ccc(=O)n(CC(=O)Nc3cccc(Cl)c3)n2)c1. The number of rotatable bonds is 6. The molecule has 144 valence electrons. The van der Waals surface area contributed by atoms with Crippen LogP contribution in [-0.2, 0) is 11.3 Å². The van der Waals surface area contributed by atoms with E-state index in [1.807, 2.05) is 0 Å². The summed E-state index contributed by atoms with van der Waals surface area (Å²) in [6, 6.07) is 14.9. The minimum Gasteiger partial charge on any atom is -0.497 e. The number of anilines is 1. The summed E-state index contributed by atoms with van der Waals surface area (Å²) in [7, 11) is 3.10. The van der Waals surface area contributed by atoms with Crippen LogP contribution in [0, 0.1) is 0 Å². The van der Waals surface area contributed by atoms with Crippen LogP contribution in [0.15, 0.2) is 59.4 Å². The van der Waals surface area contributed by atoms with Crippen molar-refractivity contribution in [1.29, 1.82) is 0 Å². The van der Waals surface area contributed by atoms with Crippen LogP contribution in [0.25, 0.3) is 11.3 Å². The third kappa shape index (κ3) is 4.50. The number of halogens is 1. The Labute approximate surface area is 166 Å². The van der Waals surface area contributed by atoms with Crippen molar-refractivity contribution in [3.05, 3.63) is 70.0 Å². The van der Waals surface area contributed by atoms with E-state index in [9.17, 15) is 9.59 Å². The minimum absolute atomic E-state index is 0.245. The number of nitrogens with zero attached hydrogens (tertiary/aromatic N) is 2. The lowest BCUT2D eigenvalue weighted by Gasteiger charge is -2.12. The van der Waals surface area contributed by atoms with Gasteiger partial charge in [-0.3, -0.25) is 9.59 Å². The molecule has 0 aliphatic carbocycles. The molecule has 1 amide bonds. The van der Waals surface area contributed by atoms with Gasteiger partial charge in [-0.15, -0.1) is 0 Å².